The number of rotatable bonds is 6. The zero-order chi connectivity index (χ0) is 18.0. The first-order valence-corrected chi connectivity index (χ1v) is 10.5. The summed E-state index contributed by atoms with van der Waals surface area (Å²) in [5.41, 5.74) is 2.17. The van der Waals surface area contributed by atoms with Crippen LogP contribution in [0.15, 0.2) is 49.1 Å². The lowest BCUT2D eigenvalue weighted by Crippen LogP contribution is -2.67. The molecule has 0 N–H and O–H groups in total. The van der Waals surface area contributed by atoms with Crippen LogP contribution in [0.4, 0.5) is 0 Å². The monoisotopic (exact) mass is 373 g/mol. The molecule has 0 amide bonds. The van der Waals surface area contributed by atoms with Gasteiger partial charge in [-0.25, -0.2) is 8.42 Å². The van der Waals surface area contributed by atoms with Crippen LogP contribution in [0.5, 0.6) is 0 Å². The van der Waals surface area contributed by atoms with Gasteiger partial charge < -0.3 is 4.74 Å². The highest BCUT2D eigenvalue weighted by atomic mass is 32.2. The van der Waals surface area contributed by atoms with Crippen LogP contribution in [0.3, 0.4) is 0 Å². The van der Waals surface area contributed by atoms with Crippen molar-refractivity contribution in [2.75, 3.05) is 25.4 Å². The predicted molar refractivity (Wildman–Crippen MR) is 98.0 cm³/mol. The number of hydrogen-bond donors (Lipinski definition) is 0. The van der Waals surface area contributed by atoms with Gasteiger partial charge in [-0.3, -0.25) is 14.9 Å². The second kappa shape index (κ2) is 7.06. The molecular formula is C19H23N3O3S. The van der Waals surface area contributed by atoms with Crippen molar-refractivity contribution in [3.05, 3.63) is 60.2 Å². The summed E-state index contributed by atoms with van der Waals surface area (Å²) in [6, 6.07) is 7.77. The minimum absolute atomic E-state index is 0.0690. The Hall–Kier alpha value is -1.83. The van der Waals surface area contributed by atoms with Crippen molar-refractivity contribution in [2.45, 2.75) is 24.3 Å². The SMILES string of the molecule is O=S1(=O)CC[C@@H](COCc2ccncc2)C12CN(Cc1cccnc1)C2. The second-order valence-corrected chi connectivity index (χ2v) is 9.70. The lowest BCUT2D eigenvalue weighted by Gasteiger charge is -2.50. The van der Waals surface area contributed by atoms with Crippen LogP contribution in [0, 0.1) is 5.92 Å². The van der Waals surface area contributed by atoms with Gasteiger partial charge in [0.15, 0.2) is 9.84 Å². The Labute approximate surface area is 154 Å². The number of nitrogens with zero attached hydrogens (tertiary/aromatic N) is 3. The van der Waals surface area contributed by atoms with Gasteiger partial charge in [0.1, 0.15) is 4.75 Å². The van der Waals surface area contributed by atoms with Gasteiger partial charge in [-0.1, -0.05) is 6.07 Å². The summed E-state index contributed by atoms with van der Waals surface area (Å²) in [7, 11) is -3.07. The Morgan fingerprint density at radius 1 is 1.12 bits per heavy atom. The van der Waals surface area contributed by atoms with Crippen molar-refractivity contribution in [1.82, 2.24) is 14.9 Å². The van der Waals surface area contributed by atoms with Gasteiger partial charge in [0.05, 0.1) is 19.0 Å². The normalized spacial score (nSPS) is 23.8. The number of hydrogen-bond acceptors (Lipinski definition) is 6. The fraction of sp³-hybridized carbons (Fsp3) is 0.474. The molecule has 0 bridgehead atoms. The van der Waals surface area contributed by atoms with Crippen molar-refractivity contribution in [1.29, 1.82) is 0 Å². The molecule has 26 heavy (non-hydrogen) atoms. The molecular weight excluding hydrogens is 350 g/mol. The third-order valence-electron chi connectivity index (χ3n) is 5.55. The summed E-state index contributed by atoms with van der Waals surface area (Å²) >= 11 is 0. The molecule has 7 heteroatoms. The Morgan fingerprint density at radius 3 is 2.65 bits per heavy atom. The van der Waals surface area contributed by atoms with E-state index in [4.69, 9.17) is 4.74 Å². The van der Waals surface area contributed by atoms with Crippen LogP contribution in [0.2, 0.25) is 0 Å². The maximum Gasteiger partial charge on any atom is 0.158 e. The zero-order valence-electron chi connectivity index (χ0n) is 14.6. The number of sulfone groups is 1. The van der Waals surface area contributed by atoms with Gasteiger partial charge in [0, 0.05) is 50.3 Å². The molecule has 2 aliphatic rings. The van der Waals surface area contributed by atoms with Crippen LogP contribution in [0.1, 0.15) is 17.5 Å². The maximum atomic E-state index is 12.7. The summed E-state index contributed by atoms with van der Waals surface area (Å²) in [5, 5.41) is 0. The Bertz CT molecular complexity index is 837. The van der Waals surface area contributed by atoms with Gasteiger partial charge in [0.2, 0.25) is 0 Å². The minimum Gasteiger partial charge on any atom is -0.376 e. The van der Waals surface area contributed by atoms with E-state index in [1.54, 1.807) is 18.6 Å². The highest BCUT2D eigenvalue weighted by Crippen LogP contribution is 2.45. The molecule has 0 saturated carbocycles. The summed E-state index contributed by atoms with van der Waals surface area (Å²) in [5.74, 6) is 0.344. The molecule has 1 atom stereocenters. The Balaban J connectivity index is 1.37. The van der Waals surface area contributed by atoms with E-state index in [-0.39, 0.29) is 11.7 Å². The predicted octanol–water partition coefficient (Wildman–Crippen LogP) is 1.68. The lowest BCUT2D eigenvalue weighted by atomic mass is 9.83. The fourth-order valence-electron chi connectivity index (χ4n) is 4.08. The first-order valence-electron chi connectivity index (χ1n) is 8.89. The van der Waals surface area contributed by atoms with E-state index in [2.05, 4.69) is 14.9 Å². The van der Waals surface area contributed by atoms with Crippen LogP contribution in [-0.4, -0.2) is 53.5 Å². The zero-order valence-corrected chi connectivity index (χ0v) is 15.4. The summed E-state index contributed by atoms with van der Waals surface area (Å²) in [4.78, 5) is 10.3. The molecule has 2 aromatic heterocycles. The van der Waals surface area contributed by atoms with Crippen LogP contribution >= 0.6 is 0 Å². The Morgan fingerprint density at radius 2 is 1.92 bits per heavy atom. The van der Waals surface area contributed by atoms with Gasteiger partial charge in [-0.05, 0) is 35.7 Å². The number of aromatic nitrogens is 2. The van der Waals surface area contributed by atoms with Gasteiger partial charge in [0.25, 0.3) is 0 Å². The van der Waals surface area contributed by atoms with Crippen molar-refractivity contribution < 1.29 is 13.2 Å². The minimum atomic E-state index is -3.07. The number of likely N-dealkylation sites (tertiary alicyclic amines) is 1. The summed E-state index contributed by atoms with van der Waals surface area (Å²) < 4.78 is 30.6. The average Bonchev–Trinajstić information content (AvgIpc) is 2.88. The topological polar surface area (TPSA) is 72.4 Å². The van der Waals surface area contributed by atoms with E-state index in [1.165, 1.54) is 0 Å². The second-order valence-electron chi connectivity index (χ2n) is 7.25. The van der Waals surface area contributed by atoms with E-state index in [0.29, 0.717) is 32.7 Å². The number of pyridine rings is 2. The van der Waals surface area contributed by atoms with Crippen molar-refractivity contribution in [2.24, 2.45) is 5.92 Å². The largest absolute Gasteiger partial charge is 0.376 e. The molecule has 2 aromatic rings. The van der Waals surface area contributed by atoms with E-state index < -0.39 is 14.6 Å². The highest BCUT2D eigenvalue weighted by Gasteiger charge is 2.61. The average molecular weight is 373 g/mol. The molecule has 0 aromatic carbocycles. The molecule has 0 unspecified atom stereocenters. The van der Waals surface area contributed by atoms with Gasteiger partial charge in [-0.15, -0.1) is 0 Å². The summed E-state index contributed by atoms with van der Waals surface area (Å²) in [6.45, 7) is 2.91. The van der Waals surface area contributed by atoms with E-state index in [0.717, 1.165) is 17.7 Å². The first kappa shape index (κ1) is 17.6. The van der Waals surface area contributed by atoms with Gasteiger partial charge in [-0.2, -0.15) is 0 Å². The Kier molecular flexibility index (Phi) is 4.77. The molecule has 2 fully saturated rings. The molecule has 6 nitrogen and oxygen atoms in total. The first-order chi connectivity index (χ1) is 12.6. The molecule has 2 aliphatic heterocycles. The standard InChI is InChI=1S/C19H23N3O3S/c23-26(24)9-5-18(13-25-12-16-3-7-20-8-4-16)19(26)14-22(15-19)11-17-2-1-6-21-10-17/h1-4,6-8,10,18H,5,9,11-15H2/t18-/m0/s1. The maximum absolute atomic E-state index is 12.7. The lowest BCUT2D eigenvalue weighted by molar-refractivity contribution is 0.0200. The van der Waals surface area contributed by atoms with Crippen molar-refractivity contribution >= 4 is 9.84 Å². The van der Waals surface area contributed by atoms with Gasteiger partial charge >= 0.3 is 0 Å². The molecule has 0 aliphatic carbocycles. The smallest absolute Gasteiger partial charge is 0.158 e. The van der Waals surface area contributed by atoms with Crippen LogP contribution in [0.25, 0.3) is 0 Å². The molecule has 4 heterocycles. The molecule has 1 spiro atoms. The van der Waals surface area contributed by atoms with E-state index in [1.807, 2.05) is 30.5 Å². The highest BCUT2D eigenvalue weighted by molar-refractivity contribution is 7.93. The van der Waals surface area contributed by atoms with Crippen molar-refractivity contribution in [3.8, 4) is 0 Å². The third-order valence-corrected chi connectivity index (χ3v) is 8.15. The fourth-order valence-corrected chi connectivity index (χ4v) is 6.53. The van der Waals surface area contributed by atoms with E-state index >= 15 is 0 Å². The van der Waals surface area contributed by atoms with Crippen molar-refractivity contribution in [3.63, 3.8) is 0 Å². The van der Waals surface area contributed by atoms with E-state index in [9.17, 15) is 8.42 Å². The molecule has 138 valence electrons. The molecule has 4 rings (SSSR count). The molecule has 2 saturated heterocycles. The van der Waals surface area contributed by atoms with Crippen LogP contribution in [-0.2, 0) is 27.7 Å². The summed E-state index contributed by atoms with van der Waals surface area (Å²) in [6.07, 6.45) is 7.76. The quantitative estimate of drug-likeness (QED) is 0.767. The van der Waals surface area contributed by atoms with Crippen LogP contribution < -0.4 is 0 Å². The molecule has 0 radical (unpaired) electrons. The number of ether oxygens (including phenoxy) is 1. The third kappa shape index (κ3) is 3.26.